The third-order valence-corrected chi connectivity index (χ3v) is 3.36. The predicted molar refractivity (Wildman–Crippen MR) is 84.0 cm³/mol. The van der Waals surface area contributed by atoms with Gasteiger partial charge in [-0.1, -0.05) is 0 Å². The lowest BCUT2D eigenvalue weighted by Crippen LogP contribution is -2.34. The minimum Gasteiger partial charge on any atom is -0.497 e. The zero-order valence-corrected chi connectivity index (χ0v) is 12.3. The van der Waals surface area contributed by atoms with Gasteiger partial charge in [-0.25, -0.2) is 0 Å². The third-order valence-electron chi connectivity index (χ3n) is 3.36. The van der Waals surface area contributed by atoms with Crippen molar-refractivity contribution >= 4 is 11.9 Å². The van der Waals surface area contributed by atoms with E-state index < -0.39 is 6.23 Å². The number of aliphatic hydroxyl groups is 1. The molecule has 5 nitrogen and oxygen atoms in total. The minimum atomic E-state index is -0.541. The highest BCUT2D eigenvalue weighted by atomic mass is 16.5. The van der Waals surface area contributed by atoms with Gasteiger partial charge in [0.25, 0.3) is 0 Å². The van der Waals surface area contributed by atoms with Crippen molar-refractivity contribution in [1.82, 2.24) is 10.6 Å². The van der Waals surface area contributed by atoms with Gasteiger partial charge in [-0.3, -0.25) is 0 Å². The summed E-state index contributed by atoms with van der Waals surface area (Å²) < 4.78 is 5.16. The van der Waals surface area contributed by atoms with Gasteiger partial charge in [0.15, 0.2) is 0 Å². The molecule has 0 fully saturated rings. The Morgan fingerprint density at radius 2 is 2.14 bits per heavy atom. The number of hydrogen-bond acceptors (Lipinski definition) is 5. The van der Waals surface area contributed by atoms with Crippen molar-refractivity contribution < 1.29 is 9.84 Å². The Hall–Kier alpha value is -2.27. The number of nitrogens with one attached hydrogen (secondary N) is 3. The van der Waals surface area contributed by atoms with Crippen LogP contribution in [0.25, 0.3) is 5.70 Å². The monoisotopic (exact) mass is 287 g/mol. The van der Waals surface area contributed by atoms with Crippen molar-refractivity contribution in [2.75, 3.05) is 7.11 Å². The highest BCUT2D eigenvalue weighted by molar-refractivity contribution is 5.75. The van der Waals surface area contributed by atoms with Gasteiger partial charge in [0.1, 0.15) is 12.0 Å². The maximum Gasteiger partial charge on any atom is 0.124 e. The van der Waals surface area contributed by atoms with E-state index in [0.29, 0.717) is 6.42 Å². The number of aliphatic hydroxyl groups excluding tert-OH is 1. The number of ether oxygens (including phenoxy) is 1. The Bertz CT molecular complexity index is 561. The number of methoxy groups -OCH3 is 1. The highest BCUT2D eigenvalue weighted by Crippen LogP contribution is 2.25. The van der Waals surface area contributed by atoms with Crippen LogP contribution < -0.4 is 15.4 Å². The van der Waals surface area contributed by atoms with Gasteiger partial charge < -0.3 is 25.9 Å². The smallest absolute Gasteiger partial charge is 0.124 e. The van der Waals surface area contributed by atoms with E-state index in [1.54, 1.807) is 13.3 Å². The average Bonchev–Trinajstić information content (AvgIpc) is 2.53. The summed E-state index contributed by atoms with van der Waals surface area (Å²) in [6, 6.07) is 7.69. The quantitative estimate of drug-likeness (QED) is 0.626. The summed E-state index contributed by atoms with van der Waals surface area (Å²) in [6.45, 7) is 1.86. The Morgan fingerprint density at radius 3 is 2.76 bits per heavy atom. The number of rotatable bonds is 5. The summed E-state index contributed by atoms with van der Waals surface area (Å²) in [6.07, 6.45) is 3.95. The van der Waals surface area contributed by atoms with Gasteiger partial charge in [0.05, 0.1) is 12.8 Å². The normalized spacial score (nSPS) is 19.0. The van der Waals surface area contributed by atoms with Crippen LogP contribution in [0.15, 0.2) is 41.7 Å². The van der Waals surface area contributed by atoms with E-state index in [0.717, 1.165) is 34.7 Å². The molecular formula is C16H21N3O2. The van der Waals surface area contributed by atoms with Crippen molar-refractivity contribution in [3.8, 4) is 5.75 Å². The summed E-state index contributed by atoms with van der Waals surface area (Å²) in [5.41, 5.74) is 3.71. The van der Waals surface area contributed by atoms with Crippen LogP contribution in [0.3, 0.4) is 0 Å². The molecule has 0 radical (unpaired) electrons. The zero-order chi connectivity index (χ0) is 15.2. The number of benzene rings is 1. The van der Waals surface area contributed by atoms with Crippen LogP contribution in [-0.4, -0.2) is 24.7 Å². The fourth-order valence-electron chi connectivity index (χ4n) is 2.13. The first-order valence-corrected chi connectivity index (χ1v) is 6.90. The first-order valence-electron chi connectivity index (χ1n) is 6.90. The molecule has 4 N–H and O–H groups in total. The summed E-state index contributed by atoms with van der Waals surface area (Å²) in [5.74, 6) is 0.796. The molecule has 5 heteroatoms. The van der Waals surface area contributed by atoms with Crippen LogP contribution in [0.4, 0.5) is 0 Å². The van der Waals surface area contributed by atoms with Crippen LogP contribution in [0.1, 0.15) is 25.3 Å². The Balaban J connectivity index is 2.31. The SMILES string of the molecule is COc1ccc(C2=C(N/C=C(/C)C=N)CCC(O)N2)cc1. The fraction of sp³-hybridized carbons (Fsp3) is 0.312. The van der Waals surface area contributed by atoms with E-state index in [9.17, 15) is 5.11 Å². The molecule has 1 heterocycles. The fourth-order valence-corrected chi connectivity index (χ4v) is 2.13. The van der Waals surface area contributed by atoms with Crippen LogP contribution in [-0.2, 0) is 0 Å². The molecule has 2 rings (SSSR count). The largest absolute Gasteiger partial charge is 0.497 e. The molecular weight excluding hydrogens is 266 g/mol. The summed E-state index contributed by atoms with van der Waals surface area (Å²) in [7, 11) is 1.63. The molecule has 1 atom stereocenters. The van der Waals surface area contributed by atoms with Crippen molar-refractivity contribution in [2.45, 2.75) is 26.0 Å². The molecule has 1 aromatic rings. The molecule has 112 valence electrons. The Morgan fingerprint density at radius 1 is 1.43 bits per heavy atom. The van der Waals surface area contributed by atoms with Crippen molar-refractivity contribution in [2.24, 2.45) is 0 Å². The van der Waals surface area contributed by atoms with E-state index in [-0.39, 0.29) is 0 Å². The second kappa shape index (κ2) is 6.95. The van der Waals surface area contributed by atoms with Gasteiger partial charge in [-0.15, -0.1) is 0 Å². The second-order valence-corrected chi connectivity index (χ2v) is 4.96. The topological polar surface area (TPSA) is 77.4 Å². The van der Waals surface area contributed by atoms with E-state index in [1.165, 1.54) is 6.21 Å². The predicted octanol–water partition coefficient (Wildman–Crippen LogP) is 2.21. The molecule has 0 spiro atoms. The summed E-state index contributed by atoms with van der Waals surface area (Å²) in [5, 5.41) is 23.4. The van der Waals surface area contributed by atoms with Crippen molar-refractivity contribution in [3.63, 3.8) is 0 Å². The minimum absolute atomic E-state index is 0.541. The molecule has 0 saturated heterocycles. The van der Waals surface area contributed by atoms with Gasteiger partial charge in [0, 0.05) is 18.1 Å². The van der Waals surface area contributed by atoms with E-state index in [4.69, 9.17) is 10.1 Å². The van der Waals surface area contributed by atoms with Crippen molar-refractivity contribution in [1.29, 1.82) is 5.41 Å². The standard InChI is InChI=1S/C16H21N3O2/c1-11(9-17)10-18-14-7-8-15(20)19-16(14)12-3-5-13(21-2)6-4-12/h3-6,9-10,15,17-20H,7-8H2,1-2H3/b11-10-,17-9?. The molecule has 1 aromatic carbocycles. The van der Waals surface area contributed by atoms with Gasteiger partial charge in [-0.05, 0) is 55.2 Å². The number of hydrogen-bond donors (Lipinski definition) is 4. The number of allylic oxidation sites excluding steroid dienone is 2. The summed E-state index contributed by atoms with van der Waals surface area (Å²) >= 11 is 0. The zero-order valence-electron chi connectivity index (χ0n) is 12.3. The van der Waals surface area contributed by atoms with E-state index in [2.05, 4.69) is 10.6 Å². The molecule has 1 aliphatic heterocycles. The molecule has 0 aromatic heterocycles. The molecule has 0 aliphatic carbocycles. The van der Waals surface area contributed by atoms with E-state index in [1.807, 2.05) is 31.2 Å². The van der Waals surface area contributed by atoms with Crippen LogP contribution in [0, 0.1) is 5.41 Å². The van der Waals surface area contributed by atoms with Gasteiger partial charge in [-0.2, -0.15) is 0 Å². The average molecular weight is 287 g/mol. The van der Waals surface area contributed by atoms with Crippen LogP contribution in [0.5, 0.6) is 5.75 Å². The maximum absolute atomic E-state index is 9.83. The first-order chi connectivity index (χ1) is 10.1. The van der Waals surface area contributed by atoms with E-state index >= 15 is 0 Å². The maximum atomic E-state index is 9.83. The Labute approximate surface area is 124 Å². The first kappa shape index (κ1) is 15.1. The molecule has 0 bridgehead atoms. The molecule has 0 amide bonds. The molecule has 1 aliphatic rings. The van der Waals surface area contributed by atoms with Crippen LogP contribution in [0.2, 0.25) is 0 Å². The third kappa shape index (κ3) is 3.86. The molecule has 0 saturated carbocycles. The second-order valence-electron chi connectivity index (χ2n) is 4.96. The van der Waals surface area contributed by atoms with Crippen molar-refractivity contribution in [3.05, 3.63) is 47.3 Å². The lowest BCUT2D eigenvalue weighted by Gasteiger charge is -2.26. The van der Waals surface area contributed by atoms with Gasteiger partial charge >= 0.3 is 0 Å². The highest BCUT2D eigenvalue weighted by Gasteiger charge is 2.19. The summed E-state index contributed by atoms with van der Waals surface area (Å²) in [4.78, 5) is 0. The Kier molecular flexibility index (Phi) is 5.00. The van der Waals surface area contributed by atoms with Gasteiger partial charge in [0.2, 0.25) is 0 Å². The molecule has 1 unspecified atom stereocenters. The van der Waals surface area contributed by atoms with Crippen LogP contribution >= 0.6 is 0 Å². The lowest BCUT2D eigenvalue weighted by atomic mass is 10.0. The molecule has 21 heavy (non-hydrogen) atoms. The lowest BCUT2D eigenvalue weighted by molar-refractivity contribution is 0.141.